The van der Waals surface area contributed by atoms with E-state index in [1.807, 2.05) is 0 Å². The molecule has 0 radical (unpaired) electrons. The summed E-state index contributed by atoms with van der Waals surface area (Å²) in [5.74, 6) is 0.354. The average Bonchev–Trinajstić information content (AvgIpc) is 3.19. The van der Waals surface area contributed by atoms with Crippen molar-refractivity contribution in [3.05, 3.63) is 29.5 Å². The lowest BCUT2D eigenvalue weighted by atomic mass is 10.00. The number of hydrogen-bond acceptors (Lipinski definition) is 5. The summed E-state index contributed by atoms with van der Waals surface area (Å²) in [6.45, 7) is 0. The molecule has 1 N–H and O–H groups in total. The maximum Gasteiger partial charge on any atom is 0.272 e. The van der Waals surface area contributed by atoms with Gasteiger partial charge in [-0.25, -0.2) is 4.98 Å². The largest absolute Gasteiger partial charge is 0.462 e. The van der Waals surface area contributed by atoms with Crippen LogP contribution in [0.2, 0.25) is 0 Å². The first-order chi connectivity index (χ1) is 9.72. The molecule has 0 atom stereocenters. The molecule has 0 aromatic carbocycles. The maximum atomic E-state index is 12.2. The SMILES string of the molecule is N#CC1(NC(=O)c2csc(-c3ccco3)n2)CCCC1. The summed E-state index contributed by atoms with van der Waals surface area (Å²) in [6, 6.07) is 5.81. The van der Waals surface area contributed by atoms with Gasteiger partial charge in [-0.3, -0.25) is 4.79 Å². The quantitative estimate of drug-likeness (QED) is 0.941. The molecule has 1 aliphatic rings. The summed E-state index contributed by atoms with van der Waals surface area (Å²) in [4.78, 5) is 16.5. The molecule has 6 heteroatoms. The molecule has 20 heavy (non-hydrogen) atoms. The molecule has 1 saturated carbocycles. The fourth-order valence-electron chi connectivity index (χ4n) is 2.42. The lowest BCUT2D eigenvalue weighted by Crippen LogP contribution is -2.45. The van der Waals surface area contributed by atoms with Gasteiger partial charge in [-0.1, -0.05) is 0 Å². The molecule has 0 bridgehead atoms. The minimum atomic E-state index is -0.717. The summed E-state index contributed by atoms with van der Waals surface area (Å²) in [5.41, 5.74) is -0.381. The highest BCUT2D eigenvalue weighted by Crippen LogP contribution is 2.30. The van der Waals surface area contributed by atoms with E-state index < -0.39 is 5.54 Å². The number of furan rings is 1. The van der Waals surface area contributed by atoms with Crippen LogP contribution in [0.4, 0.5) is 0 Å². The second-order valence-electron chi connectivity index (χ2n) is 4.87. The maximum absolute atomic E-state index is 12.2. The second kappa shape index (κ2) is 5.10. The van der Waals surface area contributed by atoms with Crippen LogP contribution in [0.15, 0.2) is 28.2 Å². The first-order valence-electron chi connectivity index (χ1n) is 6.46. The molecular formula is C14H13N3O2S. The Balaban J connectivity index is 1.77. The van der Waals surface area contributed by atoms with Crippen LogP contribution in [0, 0.1) is 11.3 Å². The van der Waals surface area contributed by atoms with Crippen molar-refractivity contribution in [1.29, 1.82) is 5.26 Å². The van der Waals surface area contributed by atoms with Gasteiger partial charge in [0.2, 0.25) is 0 Å². The zero-order valence-electron chi connectivity index (χ0n) is 10.8. The first-order valence-corrected chi connectivity index (χ1v) is 7.34. The van der Waals surface area contributed by atoms with Gasteiger partial charge >= 0.3 is 0 Å². The topological polar surface area (TPSA) is 78.9 Å². The van der Waals surface area contributed by atoms with Crippen LogP contribution in [0.25, 0.3) is 10.8 Å². The Kier molecular flexibility index (Phi) is 3.28. The zero-order valence-corrected chi connectivity index (χ0v) is 11.6. The van der Waals surface area contributed by atoms with E-state index in [1.54, 1.807) is 23.8 Å². The summed E-state index contributed by atoms with van der Waals surface area (Å²) < 4.78 is 5.25. The molecule has 1 fully saturated rings. The number of carbonyl (C=O) groups excluding carboxylic acids is 1. The number of aromatic nitrogens is 1. The molecule has 2 aromatic heterocycles. The molecule has 0 spiro atoms. The van der Waals surface area contributed by atoms with Crippen LogP contribution >= 0.6 is 11.3 Å². The molecule has 5 nitrogen and oxygen atoms in total. The number of nitrogens with zero attached hydrogens (tertiary/aromatic N) is 2. The van der Waals surface area contributed by atoms with Gasteiger partial charge in [-0.05, 0) is 37.8 Å². The zero-order chi connectivity index (χ0) is 14.0. The Labute approximate surface area is 120 Å². The van der Waals surface area contributed by atoms with Gasteiger partial charge in [-0.15, -0.1) is 11.3 Å². The van der Waals surface area contributed by atoms with Crippen LogP contribution in [0.1, 0.15) is 36.2 Å². The van der Waals surface area contributed by atoms with E-state index in [0.717, 1.165) is 12.8 Å². The van der Waals surface area contributed by atoms with Gasteiger partial charge in [0, 0.05) is 5.38 Å². The molecule has 1 amide bonds. The molecule has 0 unspecified atom stereocenters. The Morgan fingerprint density at radius 2 is 2.30 bits per heavy atom. The van der Waals surface area contributed by atoms with Crippen molar-refractivity contribution in [2.45, 2.75) is 31.2 Å². The van der Waals surface area contributed by atoms with Crippen molar-refractivity contribution >= 4 is 17.2 Å². The fourth-order valence-corrected chi connectivity index (χ4v) is 3.18. The molecule has 0 aliphatic heterocycles. The van der Waals surface area contributed by atoms with Gasteiger partial charge in [0.15, 0.2) is 10.8 Å². The predicted octanol–water partition coefficient (Wildman–Crippen LogP) is 2.97. The lowest BCUT2D eigenvalue weighted by molar-refractivity contribution is 0.0916. The van der Waals surface area contributed by atoms with Crippen LogP contribution in [0.3, 0.4) is 0 Å². The van der Waals surface area contributed by atoms with E-state index in [1.165, 1.54) is 11.3 Å². The standard InChI is InChI=1S/C14H13N3O2S/c15-9-14(5-1-2-6-14)17-12(18)10-8-20-13(16-10)11-4-3-7-19-11/h3-4,7-8H,1-2,5-6H2,(H,17,18). The lowest BCUT2D eigenvalue weighted by Gasteiger charge is -2.21. The number of thiazole rings is 1. The van der Waals surface area contributed by atoms with E-state index in [9.17, 15) is 10.1 Å². The third-order valence-electron chi connectivity index (χ3n) is 3.49. The Bertz CT molecular complexity index is 648. The molecule has 0 saturated heterocycles. The molecule has 2 aromatic rings. The van der Waals surface area contributed by atoms with Crippen LogP contribution in [0.5, 0.6) is 0 Å². The van der Waals surface area contributed by atoms with E-state index in [4.69, 9.17) is 4.42 Å². The van der Waals surface area contributed by atoms with Crippen molar-refractivity contribution < 1.29 is 9.21 Å². The number of amides is 1. The summed E-state index contributed by atoms with van der Waals surface area (Å²) in [7, 11) is 0. The summed E-state index contributed by atoms with van der Waals surface area (Å²) >= 11 is 1.35. The Morgan fingerprint density at radius 1 is 1.50 bits per heavy atom. The highest BCUT2D eigenvalue weighted by molar-refractivity contribution is 7.13. The summed E-state index contributed by atoms with van der Waals surface area (Å²) in [5, 5.41) is 14.5. The van der Waals surface area contributed by atoms with Crippen molar-refractivity contribution in [2.75, 3.05) is 0 Å². The molecule has 102 valence electrons. The Morgan fingerprint density at radius 3 is 2.95 bits per heavy atom. The number of rotatable bonds is 3. The smallest absolute Gasteiger partial charge is 0.272 e. The van der Waals surface area contributed by atoms with Crippen LogP contribution in [-0.4, -0.2) is 16.4 Å². The predicted molar refractivity (Wildman–Crippen MR) is 74.1 cm³/mol. The minimum Gasteiger partial charge on any atom is -0.462 e. The van der Waals surface area contributed by atoms with E-state index in [2.05, 4.69) is 16.4 Å². The normalized spacial score (nSPS) is 16.8. The third-order valence-corrected chi connectivity index (χ3v) is 4.35. The molecule has 2 heterocycles. The number of nitriles is 1. The first kappa shape index (κ1) is 12.9. The highest BCUT2D eigenvalue weighted by Gasteiger charge is 2.36. The van der Waals surface area contributed by atoms with Crippen molar-refractivity contribution in [2.24, 2.45) is 0 Å². The Hall–Kier alpha value is -2.13. The van der Waals surface area contributed by atoms with E-state index in [-0.39, 0.29) is 5.91 Å². The number of nitrogens with one attached hydrogen (secondary N) is 1. The molecule has 3 rings (SSSR count). The van der Waals surface area contributed by atoms with Gasteiger partial charge in [-0.2, -0.15) is 5.26 Å². The third kappa shape index (κ3) is 2.32. The second-order valence-corrected chi connectivity index (χ2v) is 5.73. The van der Waals surface area contributed by atoms with Gasteiger partial charge < -0.3 is 9.73 Å². The van der Waals surface area contributed by atoms with Crippen molar-refractivity contribution in [1.82, 2.24) is 10.3 Å². The minimum absolute atomic E-state index is 0.289. The van der Waals surface area contributed by atoms with Crippen LogP contribution < -0.4 is 5.32 Å². The van der Waals surface area contributed by atoms with E-state index >= 15 is 0 Å². The van der Waals surface area contributed by atoms with Gasteiger partial charge in [0.25, 0.3) is 5.91 Å². The van der Waals surface area contributed by atoms with Crippen LogP contribution in [-0.2, 0) is 0 Å². The average molecular weight is 287 g/mol. The highest BCUT2D eigenvalue weighted by atomic mass is 32.1. The molecule has 1 aliphatic carbocycles. The summed E-state index contributed by atoms with van der Waals surface area (Å²) in [6.07, 6.45) is 4.94. The van der Waals surface area contributed by atoms with Crippen molar-refractivity contribution in [3.63, 3.8) is 0 Å². The fraction of sp³-hybridized carbons (Fsp3) is 0.357. The molecular weight excluding hydrogens is 274 g/mol. The monoisotopic (exact) mass is 287 g/mol. The number of hydrogen-bond donors (Lipinski definition) is 1. The van der Waals surface area contributed by atoms with Gasteiger partial charge in [0.1, 0.15) is 11.2 Å². The van der Waals surface area contributed by atoms with Crippen molar-refractivity contribution in [3.8, 4) is 16.8 Å². The van der Waals surface area contributed by atoms with E-state index in [0.29, 0.717) is 29.3 Å². The number of carbonyl (C=O) groups is 1. The van der Waals surface area contributed by atoms with Gasteiger partial charge in [0.05, 0.1) is 12.3 Å².